The van der Waals surface area contributed by atoms with E-state index in [9.17, 15) is 9.59 Å². The van der Waals surface area contributed by atoms with Crippen molar-refractivity contribution in [1.29, 1.82) is 0 Å². The van der Waals surface area contributed by atoms with Gasteiger partial charge >= 0.3 is 6.03 Å². The highest BCUT2D eigenvalue weighted by atomic mass is 79.9. The zero-order valence-electron chi connectivity index (χ0n) is 14.1. The Labute approximate surface area is 173 Å². The van der Waals surface area contributed by atoms with Gasteiger partial charge in [-0.05, 0) is 58.4 Å². The molecule has 4 N–H and O–H groups in total. The zero-order chi connectivity index (χ0) is 19.9. The second-order valence-electron chi connectivity index (χ2n) is 5.34. The normalized spacial score (nSPS) is 10.1. The number of pyridine rings is 1. The number of carbonyl (C=O) groups is 2. The second kappa shape index (κ2) is 9.11. The van der Waals surface area contributed by atoms with Crippen molar-refractivity contribution < 1.29 is 9.59 Å². The summed E-state index contributed by atoms with van der Waals surface area (Å²) in [6.07, 6.45) is 1.43. The van der Waals surface area contributed by atoms with E-state index in [4.69, 9.17) is 11.6 Å². The van der Waals surface area contributed by atoms with Crippen LogP contribution in [0.25, 0.3) is 0 Å². The molecule has 9 nitrogen and oxygen atoms in total. The highest BCUT2D eigenvalue weighted by Gasteiger charge is 2.09. The van der Waals surface area contributed by atoms with E-state index in [1.807, 2.05) is 0 Å². The molecular formula is C17H13BrClN7O2. The maximum Gasteiger partial charge on any atom is 0.337 e. The number of hydrogen-bond donors (Lipinski definition) is 4. The van der Waals surface area contributed by atoms with Crippen LogP contribution in [0.4, 0.5) is 22.1 Å². The monoisotopic (exact) mass is 461 g/mol. The van der Waals surface area contributed by atoms with Gasteiger partial charge in [0, 0.05) is 17.4 Å². The topological polar surface area (TPSA) is 121 Å². The lowest BCUT2D eigenvalue weighted by molar-refractivity contribution is 0.102. The summed E-state index contributed by atoms with van der Waals surface area (Å²) in [5.41, 5.74) is 5.81. The van der Waals surface area contributed by atoms with Crippen molar-refractivity contribution in [2.24, 2.45) is 0 Å². The van der Waals surface area contributed by atoms with Gasteiger partial charge in [0.2, 0.25) is 0 Å². The summed E-state index contributed by atoms with van der Waals surface area (Å²) < 4.78 is 0.575. The van der Waals surface area contributed by atoms with Crippen LogP contribution >= 0.6 is 27.5 Å². The molecule has 0 saturated heterocycles. The fourth-order valence-electron chi connectivity index (χ4n) is 2.04. The highest BCUT2D eigenvalue weighted by molar-refractivity contribution is 9.10. The van der Waals surface area contributed by atoms with E-state index in [1.54, 1.807) is 42.5 Å². The van der Waals surface area contributed by atoms with Crippen LogP contribution in [-0.4, -0.2) is 27.1 Å². The Morgan fingerprint density at radius 1 is 0.964 bits per heavy atom. The minimum absolute atomic E-state index is 0.348. The number of hydrogen-bond acceptors (Lipinski definition) is 6. The predicted molar refractivity (Wildman–Crippen MR) is 109 cm³/mol. The number of nitrogens with zero attached hydrogens (tertiary/aromatic N) is 3. The smallest absolute Gasteiger partial charge is 0.307 e. The van der Waals surface area contributed by atoms with Crippen molar-refractivity contribution in [2.75, 3.05) is 16.1 Å². The Morgan fingerprint density at radius 3 is 2.50 bits per heavy atom. The van der Waals surface area contributed by atoms with Gasteiger partial charge in [0.1, 0.15) is 10.4 Å². The van der Waals surface area contributed by atoms with E-state index in [2.05, 4.69) is 52.6 Å². The van der Waals surface area contributed by atoms with Gasteiger partial charge in [0.15, 0.2) is 5.82 Å². The van der Waals surface area contributed by atoms with E-state index < -0.39 is 6.03 Å². The van der Waals surface area contributed by atoms with Gasteiger partial charge in [-0.3, -0.25) is 10.2 Å². The van der Waals surface area contributed by atoms with Crippen molar-refractivity contribution >= 4 is 56.8 Å². The molecule has 0 aliphatic heterocycles. The van der Waals surface area contributed by atoms with Crippen LogP contribution in [0.2, 0.25) is 5.02 Å². The molecule has 1 aromatic carbocycles. The number of amides is 3. The largest absolute Gasteiger partial charge is 0.337 e. The molecule has 2 aromatic heterocycles. The van der Waals surface area contributed by atoms with Gasteiger partial charge in [-0.1, -0.05) is 17.7 Å². The molecule has 3 amide bonds. The van der Waals surface area contributed by atoms with E-state index in [1.165, 1.54) is 12.3 Å². The third kappa shape index (κ3) is 5.63. The molecule has 2 heterocycles. The van der Waals surface area contributed by atoms with Crippen molar-refractivity contribution in [2.45, 2.75) is 0 Å². The molecule has 142 valence electrons. The zero-order valence-corrected chi connectivity index (χ0v) is 16.5. The molecule has 0 saturated carbocycles. The minimum atomic E-state index is -0.540. The number of halogens is 2. The number of nitrogens with one attached hydrogen (secondary N) is 4. The van der Waals surface area contributed by atoms with Crippen LogP contribution in [0, 0.1) is 0 Å². The highest BCUT2D eigenvalue weighted by Crippen LogP contribution is 2.14. The summed E-state index contributed by atoms with van der Waals surface area (Å²) in [7, 11) is 0. The summed E-state index contributed by atoms with van der Waals surface area (Å²) in [5, 5.41) is 13.3. The lowest BCUT2D eigenvalue weighted by Crippen LogP contribution is -2.34. The molecule has 0 fully saturated rings. The molecule has 0 bridgehead atoms. The molecule has 0 unspecified atom stereocenters. The van der Waals surface area contributed by atoms with Gasteiger partial charge in [-0.2, -0.15) is 0 Å². The number of benzene rings is 1. The lowest BCUT2D eigenvalue weighted by Gasteiger charge is -2.10. The Morgan fingerprint density at radius 2 is 1.79 bits per heavy atom. The van der Waals surface area contributed by atoms with Crippen molar-refractivity contribution in [1.82, 2.24) is 20.6 Å². The molecule has 0 atom stereocenters. The summed E-state index contributed by atoms with van der Waals surface area (Å²) in [4.78, 5) is 28.3. The van der Waals surface area contributed by atoms with Crippen LogP contribution in [0.1, 0.15) is 10.4 Å². The second-order valence-corrected chi connectivity index (χ2v) is 6.59. The molecule has 0 spiro atoms. The number of hydrazine groups is 1. The van der Waals surface area contributed by atoms with E-state index in [0.29, 0.717) is 32.5 Å². The third-order valence-electron chi connectivity index (χ3n) is 3.29. The average Bonchev–Trinajstić information content (AvgIpc) is 2.69. The molecule has 3 aromatic rings. The molecule has 3 rings (SSSR count). The Kier molecular flexibility index (Phi) is 6.35. The van der Waals surface area contributed by atoms with Crippen LogP contribution in [0.5, 0.6) is 0 Å². The van der Waals surface area contributed by atoms with Gasteiger partial charge < -0.3 is 10.6 Å². The molecular weight excluding hydrogens is 450 g/mol. The van der Waals surface area contributed by atoms with Crippen LogP contribution in [0.15, 0.2) is 59.3 Å². The summed E-state index contributed by atoms with van der Waals surface area (Å²) >= 11 is 8.94. The summed E-state index contributed by atoms with van der Waals surface area (Å²) in [6.45, 7) is 0. The van der Waals surface area contributed by atoms with Crippen LogP contribution < -0.4 is 21.5 Å². The standard InChI is InChI=1S/C17H13BrClN7O2/c18-13-5-7-15(24-23-13)25-26-17(28)21-12-3-1-2-10(8-12)16(27)22-14-6-4-11(19)9-20-14/h1-9H,(H,24,25)(H,20,22,27)(H2,21,26,28). The van der Waals surface area contributed by atoms with E-state index in [0.717, 1.165) is 0 Å². The number of rotatable bonds is 5. The van der Waals surface area contributed by atoms with E-state index >= 15 is 0 Å². The van der Waals surface area contributed by atoms with Gasteiger partial charge in [-0.15, -0.1) is 10.2 Å². The summed E-state index contributed by atoms with van der Waals surface area (Å²) in [6, 6.07) is 12.4. The quantitative estimate of drug-likeness (QED) is 0.429. The molecule has 0 radical (unpaired) electrons. The first-order valence-corrected chi connectivity index (χ1v) is 9.02. The van der Waals surface area contributed by atoms with Crippen molar-refractivity contribution in [3.8, 4) is 0 Å². The maximum atomic E-state index is 12.3. The maximum absolute atomic E-state index is 12.3. The lowest BCUT2D eigenvalue weighted by atomic mass is 10.2. The average molecular weight is 463 g/mol. The third-order valence-corrected chi connectivity index (χ3v) is 3.93. The van der Waals surface area contributed by atoms with Crippen LogP contribution in [0.3, 0.4) is 0 Å². The van der Waals surface area contributed by atoms with Gasteiger partial charge in [0.25, 0.3) is 5.91 Å². The Hall–Kier alpha value is -3.24. The number of urea groups is 1. The Bertz CT molecular complexity index is 984. The fourth-order valence-corrected chi connectivity index (χ4v) is 2.37. The molecule has 28 heavy (non-hydrogen) atoms. The molecule has 0 aliphatic rings. The van der Waals surface area contributed by atoms with Crippen molar-refractivity contribution in [3.05, 3.63) is 69.9 Å². The molecule has 11 heteroatoms. The predicted octanol–water partition coefficient (Wildman–Crippen LogP) is 3.69. The fraction of sp³-hybridized carbons (Fsp3) is 0. The van der Waals surface area contributed by atoms with Crippen molar-refractivity contribution in [3.63, 3.8) is 0 Å². The molecule has 0 aliphatic carbocycles. The Balaban J connectivity index is 1.57. The number of anilines is 3. The first kappa shape index (κ1) is 19.5. The van der Waals surface area contributed by atoms with Gasteiger partial charge in [-0.25, -0.2) is 15.2 Å². The number of carbonyl (C=O) groups excluding carboxylic acids is 2. The first-order chi connectivity index (χ1) is 13.5. The SMILES string of the molecule is O=C(NNc1ccc(Br)nn1)Nc1cccc(C(=O)Nc2ccc(Cl)cn2)c1. The number of aromatic nitrogens is 3. The van der Waals surface area contributed by atoms with Gasteiger partial charge in [0.05, 0.1) is 5.02 Å². The minimum Gasteiger partial charge on any atom is -0.307 e. The van der Waals surface area contributed by atoms with Crippen LogP contribution in [-0.2, 0) is 0 Å². The first-order valence-electron chi connectivity index (χ1n) is 7.85. The van der Waals surface area contributed by atoms with E-state index in [-0.39, 0.29) is 5.91 Å². The summed E-state index contributed by atoms with van der Waals surface area (Å²) in [5.74, 6) is 0.356.